The first-order valence-electron chi connectivity index (χ1n) is 9.12. The van der Waals surface area contributed by atoms with Crippen molar-refractivity contribution in [3.63, 3.8) is 0 Å². The Morgan fingerprint density at radius 1 is 1.42 bits per heavy atom. The van der Waals surface area contributed by atoms with E-state index in [2.05, 4.69) is 10.4 Å². The van der Waals surface area contributed by atoms with E-state index in [1.54, 1.807) is 4.68 Å². The summed E-state index contributed by atoms with van der Waals surface area (Å²) >= 11 is 0. The van der Waals surface area contributed by atoms with Gasteiger partial charge in [-0.2, -0.15) is 5.10 Å². The zero-order chi connectivity index (χ0) is 18.8. The Kier molecular flexibility index (Phi) is 5.32. The molecule has 0 saturated heterocycles. The molecule has 1 aliphatic rings. The molecule has 0 unspecified atom stereocenters. The Balaban J connectivity index is 1.80. The summed E-state index contributed by atoms with van der Waals surface area (Å²) < 4.78 is 13.2. The molecule has 2 heterocycles. The van der Waals surface area contributed by atoms with Gasteiger partial charge >= 0.3 is 0 Å². The fourth-order valence-corrected chi connectivity index (χ4v) is 3.51. The minimum Gasteiger partial charge on any atom is -0.494 e. The Labute approximate surface area is 154 Å². The predicted molar refractivity (Wildman–Crippen MR) is 99.4 cm³/mol. The standard InChI is InChI=1S/C20H27N3O3/c1-6-25-17-9-12(2)7-8-15(17)11-21-20(24)19-16-10-13(3)26-14(4)18(16)22-23(19)5/h7-9,13-14H,6,10-11H2,1-5H3,(H,21,24)/t13-,14+/m1/s1. The van der Waals surface area contributed by atoms with Crippen molar-refractivity contribution in [1.29, 1.82) is 0 Å². The number of aromatic nitrogens is 2. The molecule has 0 bridgehead atoms. The van der Waals surface area contributed by atoms with Crippen LogP contribution in [0.1, 0.15) is 59.7 Å². The Bertz CT molecular complexity index is 813. The van der Waals surface area contributed by atoms with Crippen LogP contribution in [0, 0.1) is 6.92 Å². The molecular weight excluding hydrogens is 330 g/mol. The maximum absolute atomic E-state index is 12.9. The molecule has 3 rings (SSSR count). The fraction of sp³-hybridized carbons (Fsp3) is 0.500. The van der Waals surface area contributed by atoms with E-state index in [4.69, 9.17) is 9.47 Å². The molecule has 1 aromatic heterocycles. The summed E-state index contributed by atoms with van der Waals surface area (Å²) in [6.07, 6.45) is 0.684. The molecule has 0 radical (unpaired) electrons. The lowest BCUT2D eigenvalue weighted by Gasteiger charge is -2.24. The van der Waals surface area contributed by atoms with Crippen LogP contribution >= 0.6 is 0 Å². The maximum atomic E-state index is 12.9. The van der Waals surface area contributed by atoms with E-state index in [0.717, 1.165) is 28.1 Å². The lowest BCUT2D eigenvalue weighted by molar-refractivity contribution is -0.00710. The van der Waals surface area contributed by atoms with Crippen molar-refractivity contribution >= 4 is 5.91 Å². The minimum absolute atomic E-state index is 0.0786. The summed E-state index contributed by atoms with van der Waals surface area (Å²) in [4.78, 5) is 12.9. The van der Waals surface area contributed by atoms with Gasteiger partial charge in [0.15, 0.2) is 0 Å². The zero-order valence-corrected chi connectivity index (χ0v) is 16.1. The SMILES string of the molecule is CCOc1cc(C)ccc1CNC(=O)c1c2c(nn1C)[C@H](C)O[C@H](C)C2. The van der Waals surface area contributed by atoms with Crippen LogP contribution in [-0.2, 0) is 24.8 Å². The number of benzene rings is 1. The van der Waals surface area contributed by atoms with Crippen LogP contribution in [-0.4, -0.2) is 28.4 Å². The second-order valence-corrected chi connectivity index (χ2v) is 6.86. The molecule has 1 N–H and O–H groups in total. The summed E-state index contributed by atoms with van der Waals surface area (Å²) in [6.45, 7) is 8.98. The smallest absolute Gasteiger partial charge is 0.270 e. The highest BCUT2D eigenvalue weighted by molar-refractivity contribution is 5.94. The van der Waals surface area contributed by atoms with Gasteiger partial charge in [-0.1, -0.05) is 12.1 Å². The number of fused-ring (bicyclic) bond motifs is 1. The van der Waals surface area contributed by atoms with Crippen LogP contribution in [0.2, 0.25) is 0 Å². The van der Waals surface area contributed by atoms with E-state index in [1.165, 1.54) is 0 Å². The van der Waals surface area contributed by atoms with Gasteiger partial charge in [0.25, 0.3) is 5.91 Å². The number of hydrogen-bond donors (Lipinski definition) is 1. The molecule has 0 fully saturated rings. The van der Waals surface area contributed by atoms with Gasteiger partial charge in [0.1, 0.15) is 11.4 Å². The van der Waals surface area contributed by atoms with E-state index < -0.39 is 0 Å². The van der Waals surface area contributed by atoms with E-state index in [1.807, 2.05) is 52.9 Å². The largest absolute Gasteiger partial charge is 0.494 e. The number of rotatable bonds is 5. The lowest BCUT2D eigenvalue weighted by Crippen LogP contribution is -2.28. The normalized spacial score (nSPS) is 19.1. The summed E-state index contributed by atoms with van der Waals surface area (Å²) in [5.74, 6) is 0.695. The predicted octanol–water partition coefficient (Wildman–Crippen LogP) is 3.08. The van der Waals surface area contributed by atoms with Crippen molar-refractivity contribution in [3.05, 3.63) is 46.3 Å². The van der Waals surface area contributed by atoms with Crippen LogP contribution in [0.5, 0.6) is 5.75 Å². The zero-order valence-electron chi connectivity index (χ0n) is 16.1. The summed E-state index contributed by atoms with van der Waals surface area (Å²) in [5.41, 5.74) is 4.57. The highest BCUT2D eigenvalue weighted by Crippen LogP contribution is 2.31. The number of carbonyl (C=O) groups excluding carboxylic acids is 1. The van der Waals surface area contributed by atoms with Gasteiger partial charge in [-0.25, -0.2) is 0 Å². The van der Waals surface area contributed by atoms with E-state index in [-0.39, 0.29) is 18.1 Å². The second kappa shape index (κ2) is 7.50. The van der Waals surface area contributed by atoms with Gasteiger partial charge in [0.05, 0.1) is 24.5 Å². The first kappa shape index (κ1) is 18.5. The van der Waals surface area contributed by atoms with Gasteiger partial charge in [-0.15, -0.1) is 0 Å². The van der Waals surface area contributed by atoms with Crippen LogP contribution in [0.4, 0.5) is 0 Å². The quantitative estimate of drug-likeness (QED) is 0.893. The Morgan fingerprint density at radius 3 is 2.92 bits per heavy atom. The topological polar surface area (TPSA) is 65.4 Å². The molecule has 26 heavy (non-hydrogen) atoms. The third-order valence-corrected chi connectivity index (χ3v) is 4.67. The number of amides is 1. The highest BCUT2D eigenvalue weighted by atomic mass is 16.5. The molecule has 6 nitrogen and oxygen atoms in total. The lowest BCUT2D eigenvalue weighted by atomic mass is 9.99. The van der Waals surface area contributed by atoms with Crippen LogP contribution in [0.3, 0.4) is 0 Å². The monoisotopic (exact) mass is 357 g/mol. The average Bonchev–Trinajstić information content (AvgIpc) is 2.90. The molecule has 0 saturated carbocycles. The van der Waals surface area contributed by atoms with Crippen molar-refractivity contribution in [2.75, 3.05) is 6.61 Å². The molecule has 1 aliphatic heterocycles. The van der Waals surface area contributed by atoms with Gasteiger partial charge < -0.3 is 14.8 Å². The first-order valence-corrected chi connectivity index (χ1v) is 9.12. The third kappa shape index (κ3) is 3.60. The molecule has 6 heteroatoms. The molecule has 2 aromatic rings. The number of ether oxygens (including phenoxy) is 2. The highest BCUT2D eigenvalue weighted by Gasteiger charge is 2.31. The van der Waals surface area contributed by atoms with Crippen molar-refractivity contribution in [3.8, 4) is 5.75 Å². The third-order valence-electron chi connectivity index (χ3n) is 4.67. The van der Waals surface area contributed by atoms with Crippen LogP contribution in [0.15, 0.2) is 18.2 Å². The fourth-order valence-electron chi connectivity index (χ4n) is 3.51. The molecule has 140 valence electrons. The summed E-state index contributed by atoms with van der Waals surface area (Å²) in [5, 5.41) is 7.53. The van der Waals surface area contributed by atoms with Crippen molar-refractivity contribution in [1.82, 2.24) is 15.1 Å². The molecule has 1 amide bonds. The number of hydrogen-bond acceptors (Lipinski definition) is 4. The van der Waals surface area contributed by atoms with Gasteiger partial charge in [0, 0.05) is 31.1 Å². The molecule has 1 aromatic carbocycles. The molecule has 0 spiro atoms. The number of carbonyl (C=O) groups is 1. The van der Waals surface area contributed by atoms with E-state index in [9.17, 15) is 4.79 Å². The van der Waals surface area contributed by atoms with E-state index in [0.29, 0.717) is 25.3 Å². The number of aryl methyl sites for hydroxylation is 2. The van der Waals surface area contributed by atoms with Gasteiger partial charge in [-0.3, -0.25) is 9.48 Å². The molecular formula is C20H27N3O3. The maximum Gasteiger partial charge on any atom is 0.270 e. The van der Waals surface area contributed by atoms with Crippen LogP contribution in [0.25, 0.3) is 0 Å². The van der Waals surface area contributed by atoms with Crippen LogP contribution < -0.4 is 10.1 Å². The van der Waals surface area contributed by atoms with Gasteiger partial charge in [0.2, 0.25) is 0 Å². The number of nitrogens with one attached hydrogen (secondary N) is 1. The minimum atomic E-state index is -0.120. The first-order chi connectivity index (χ1) is 12.4. The Hall–Kier alpha value is -2.34. The molecule has 2 atom stereocenters. The Morgan fingerprint density at radius 2 is 2.19 bits per heavy atom. The average molecular weight is 357 g/mol. The summed E-state index contributed by atoms with van der Waals surface area (Å²) in [7, 11) is 1.81. The number of nitrogens with zero attached hydrogens (tertiary/aromatic N) is 2. The van der Waals surface area contributed by atoms with Crippen molar-refractivity contribution in [2.45, 2.75) is 52.9 Å². The second-order valence-electron chi connectivity index (χ2n) is 6.86. The van der Waals surface area contributed by atoms with Crippen molar-refractivity contribution in [2.24, 2.45) is 7.05 Å². The molecule has 0 aliphatic carbocycles. The van der Waals surface area contributed by atoms with Gasteiger partial charge in [-0.05, 0) is 39.3 Å². The summed E-state index contributed by atoms with van der Waals surface area (Å²) in [6, 6.07) is 6.02. The van der Waals surface area contributed by atoms with Crippen molar-refractivity contribution < 1.29 is 14.3 Å². The van der Waals surface area contributed by atoms with E-state index >= 15 is 0 Å².